The Morgan fingerprint density at radius 3 is 1.80 bits per heavy atom. The lowest BCUT2D eigenvalue weighted by molar-refractivity contribution is 0.271. The lowest BCUT2D eigenvalue weighted by Gasteiger charge is -2.29. The predicted molar refractivity (Wildman–Crippen MR) is 65.9 cm³/mol. The third kappa shape index (κ3) is 1.54. The molecule has 0 bridgehead atoms. The summed E-state index contributed by atoms with van der Waals surface area (Å²) < 4.78 is 0. The molecule has 2 saturated carbocycles. The number of nitrogens with one attached hydrogen (secondary N) is 1. The van der Waals surface area contributed by atoms with Crippen molar-refractivity contribution in [2.24, 2.45) is 16.2 Å². The fourth-order valence-electron chi connectivity index (χ4n) is 3.45. The van der Waals surface area contributed by atoms with E-state index in [1.807, 2.05) is 0 Å². The third-order valence-electron chi connectivity index (χ3n) is 5.65. The summed E-state index contributed by atoms with van der Waals surface area (Å²) in [5.41, 5.74) is 1.46. The molecular formula is C14H27N. The van der Waals surface area contributed by atoms with Crippen molar-refractivity contribution in [1.82, 2.24) is 5.32 Å². The first kappa shape index (κ1) is 11.4. The lowest BCUT2D eigenvalue weighted by atomic mass is 9.87. The van der Waals surface area contributed by atoms with Gasteiger partial charge in [-0.15, -0.1) is 0 Å². The van der Waals surface area contributed by atoms with Crippen molar-refractivity contribution in [3.8, 4) is 0 Å². The van der Waals surface area contributed by atoms with Gasteiger partial charge in [0.05, 0.1) is 0 Å². The second-order valence-electron chi connectivity index (χ2n) is 7.48. The Bertz CT molecular complexity index is 237. The molecule has 15 heavy (non-hydrogen) atoms. The van der Waals surface area contributed by atoms with Crippen LogP contribution in [-0.4, -0.2) is 12.1 Å². The van der Waals surface area contributed by atoms with Crippen LogP contribution in [0.3, 0.4) is 0 Å². The van der Waals surface area contributed by atoms with Crippen molar-refractivity contribution < 1.29 is 0 Å². The highest BCUT2D eigenvalue weighted by atomic mass is 15.1. The van der Waals surface area contributed by atoms with E-state index in [1.165, 1.54) is 19.3 Å². The molecule has 1 N–H and O–H groups in total. The zero-order valence-corrected chi connectivity index (χ0v) is 11.3. The van der Waals surface area contributed by atoms with E-state index in [2.05, 4.69) is 46.9 Å². The molecule has 0 aromatic heterocycles. The minimum absolute atomic E-state index is 0.478. The van der Waals surface area contributed by atoms with Gasteiger partial charge in [0, 0.05) is 12.1 Å². The summed E-state index contributed by atoms with van der Waals surface area (Å²) in [6, 6.07) is 1.45. The largest absolute Gasteiger partial charge is 0.310 e. The first-order valence-electron chi connectivity index (χ1n) is 6.46. The van der Waals surface area contributed by atoms with Crippen LogP contribution in [0.25, 0.3) is 0 Å². The Morgan fingerprint density at radius 2 is 1.47 bits per heavy atom. The maximum atomic E-state index is 3.92. The van der Waals surface area contributed by atoms with Crippen LogP contribution >= 0.6 is 0 Å². The molecule has 2 aliphatic carbocycles. The van der Waals surface area contributed by atoms with Gasteiger partial charge in [-0.3, -0.25) is 0 Å². The second-order valence-corrected chi connectivity index (χ2v) is 7.48. The fourth-order valence-corrected chi connectivity index (χ4v) is 3.45. The summed E-state index contributed by atoms with van der Waals surface area (Å²) in [5.74, 6) is 0. The van der Waals surface area contributed by atoms with Gasteiger partial charge in [-0.25, -0.2) is 0 Å². The van der Waals surface area contributed by atoms with Crippen LogP contribution in [0.5, 0.6) is 0 Å². The van der Waals surface area contributed by atoms with Crippen molar-refractivity contribution in [3.05, 3.63) is 0 Å². The molecule has 2 fully saturated rings. The molecule has 0 spiro atoms. The van der Waals surface area contributed by atoms with Crippen molar-refractivity contribution in [2.75, 3.05) is 0 Å². The van der Waals surface area contributed by atoms with E-state index in [9.17, 15) is 0 Å². The van der Waals surface area contributed by atoms with Gasteiger partial charge in [0.15, 0.2) is 0 Å². The van der Waals surface area contributed by atoms with Crippen LogP contribution in [0.4, 0.5) is 0 Å². The Morgan fingerprint density at radius 1 is 0.933 bits per heavy atom. The van der Waals surface area contributed by atoms with Crippen LogP contribution < -0.4 is 5.32 Å². The minimum atomic E-state index is 0.478. The van der Waals surface area contributed by atoms with Gasteiger partial charge in [0.2, 0.25) is 0 Å². The molecule has 1 heteroatoms. The number of rotatable bonds is 2. The molecule has 0 amide bonds. The predicted octanol–water partition coefficient (Wildman–Crippen LogP) is 3.59. The Labute approximate surface area is 95.0 Å². The molecule has 1 unspecified atom stereocenters. The van der Waals surface area contributed by atoms with Crippen molar-refractivity contribution in [1.29, 1.82) is 0 Å². The maximum absolute atomic E-state index is 3.92. The van der Waals surface area contributed by atoms with E-state index in [-0.39, 0.29) is 0 Å². The van der Waals surface area contributed by atoms with E-state index in [0.717, 1.165) is 6.04 Å². The topological polar surface area (TPSA) is 12.0 Å². The SMILES string of the molecule is CC1(C)CCCC1NC1C(C)(C)C1(C)C. The molecule has 0 heterocycles. The van der Waals surface area contributed by atoms with Crippen molar-refractivity contribution in [3.63, 3.8) is 0 Å². The van der Waals surface area contributed by atoms with Crippen LogP contribution in [-0.2, 0) is 0 Å². The molecule has 2 rings (SSSR count). The Hall–Kier alpha value is -0.0400. The quantitative estimate of drug-likeness (QED) is 0.733. The van der Waals surface area contributed by atoms with Gasteiger partial charge in [0.25, 0.3) is 0 Å². The number of hydrogen-bond donors (Lipinski definition) is 1. The molecule has 1 atom stereocenters. The van der Waals surface area contributed by atoms with E-state index in [0.29, 0.717) is 22.3 Å². The normalized spacial score (nSPS) is 36.8. The Balaban J connectivity index is 2.00. The van der Waals surface area contributed by atoms with E-state index in [1.54, 1.807) is 0 Å². The highest BCUT2D eigenvalue weighted by Gasteiger charge is 2.65. The van der Waals surface area contributed by atoms with E-state index in [4.69, 9.17) is 0 Å². The van der Waals surface area contributed by atoms with Gasteiger partial charge in [-0.2, -0.15) is 0 Å². The van der Waals surface area contributed by atoms with Gasteiger partial charge < -0.3 is 5.32 Å². The third-order valence-corrected chi connectivity index (χ3v) is 5.65. The Kier molecular flexibility index (Phi) is 2.29. The fraction of sp³-hybridized carbons (Fsp3) is 1.00. The molecular weight excluding hydrogens is 182 g/mol. The summed E-state index contributed by atoms with van der Waals surface area (Å²) in [5, 5.41) is 3.92. The standard InChI is InChI=1S/C14H27N/c1-12(2)9-7-8-10(12)15-11-13(3,4)14(11,5)6/h10-11,15H,7-9H2,1-6H3. The van der Waals surface area contributed by atoms with Crippen molar-refractivity contribution >= 4 is 0 Å². The van der Waals surface area contributed by atoms with Gasteiger partial charge in [0.1, 0.15) is 0 Å². The summed E-state index contributed by atoms with van der Waals surface area (Å²) >= 11 is 0. The molecule has 0 saturated heterocycles. The zero-order chi connectivity index (χ0) is 11.5. The van der Waals surface area contributed by atoms with Gasteiger partial charge in [-0.05, 0) is 29.1 Å². The average molecular weight is 209 g/mol. The first-order valence-corrected chi connectivity index (χ1v) is 6.46. The summed E-state index contributed by atoms with van der Waals surface area (Å²) in [6.07, 6.45) is 4.16. The first-order chi connectivity index (χ1) is 6.69. The molecule has 0 radical (unpaired) electrons. The summed E-state index contributed by atoms with van der Waals surface area (Å²) in [6.45, 7) is 14.4. The highest BCUT2D eigenvalue weighted by molar-refractivity contribution is 5.19. The minimum Gasteiger partial charge on any atom is -0.310 e. The lowest BCUT2D eigenvalue weighted by Crippen LogP contribution is -2.41. The molecule has 88 valence electrons. The summed E-state index contributed by atoms with van der Waals surface area (Å²) in [4.78, 5) is 0. The van der Waals surface area contributed by atoms with Gasteiger partial charge >= 0.3 is 0 Å². The van der Waals surface area contributed by atoms with Crippen LogP contribution in [0.15, 0.2) is 0 Å². The van der Waals surface area contributed by atoms with Crippen molar-refractivity contribution in [2.45, 2.75) is 72.9 Å². The van der Waals surface area contributed by atoms with E-state index >= 15 is 0 Å². The molecule has 0 aliphatic heterocycles. The van der Waals surface area contributed by atoms with E-state index < -0.39 is 0 Å². The van der Waals surface area contributed by atoms with Crippen LogP contribution in [0.2, 0.25) is 0 Å². The molecule has 2 aliphatic rings. The van der Waals surface area contributed by atoms with Gasteiger partial charge in [-0.1, -0.05) is 48.0 Å². The zero-order valence-electron chi connectivity index (χ0n) is 11.3. The molecule has 1 nitrogen and oxygen atoms in total. The monoisotopic (exact) mass is 209 g/mol. The molecule has 0 aromatic rings. The summed E-state index contributed by atoms with van der Waals surface area (Å²) in [7, 11) is 0. The smallest absolute Gasteiger partial charge is 0.0183 e. The van der Waals surface area contributed by atoms with Crippen LogP contribution in [0.1, 0.15) is 60.8 Å². The van der Waals surface area contributed by atoms with Crippen LogP contribution in [0, 0.1) is 16.2 Å². The maximum Gasteiger partial charge on any atom is 0.0183 e. The average Bonchev–Trinajstić information content (AvgIpc) is 2.41. The highest BCUT2D eigenvalue weighted by Crippen LogP contribution is 2.63. The number of hydrogen-bond acceptors (Lipinski definition) is 1. The second kappa shape index (κ2) is 3.00. The molecule has 0 aromatic carbocycles.